The van der Waals surface area contributed by atoms with Crippen molar-refractivity contribution >= 4 is 28.7 Å². The molecule has 0 atom stereocenters. The summed E-state index contributed by atoms with van der Waals surface area (Å²) < 4.78 is 0. The van der Waals surface area contributed by atoms with Crippen LogP contribution in [0, 0.1) is 6.07 Å². The van der Waals surface area contributed by atoms with Crippen LogP contribution < -0.4 is 21.9 Å². The molecule has 0 N–H and O–H groups in total. The van der Waals surface area contributed by atoms with Crippen molar-refractivity contribution in [2.45, 2.75) is 26.2 Å². The third-order valence-electron chi connectivity index (χ3n) is 2.07. The maximum atomic E-state index is 3.41. The van der Waals surface area contributed by atoms with E-state index in [0.717, 1.165) is 5.69 Å². The molecule has 15 heavy (non-hydrogen) atoms. The molecule has 0 fully saturated rings. The van der Waals surface area contributed by atoms with Crippen LogP contribution >= 0.6 is 0 Å². The first-order valence-corrected chi connectivity index (χ1v) is 4.61. The Morgan fingerprint density at radius 3 is 2.07 bits per heavy atom. The van der Waals surface area contributed by atoms with E-state index in [9.17, 15) is 0 Å². The van der Waals surface area contributed by atoms with Gasteiger partial charge in [0.2, 0.25) is 0 Å². The molecule has 1 nitrogen and oxygen atoms in total. The van der Waals surface area contributed by atoms with Crippen molar-refractivity contribution in [3.05, 3.63) is 29.8 Å². The Balaban J connectivity index is 0. The minimum absolute atomic E-state index is 0. The van der Waals surface area contributed by atoms with Gasteiger partial charge in [0.1, 0.15) is 0 Å². The summed E-state index contributed by atoms with van der Waals surface area (Å²) in [5.74, 6) is 0. The van der Waals surface area contributed by atoms with E-state index in [1.807, 2.05) is 14.1 Å². The number of hydrogen-bond donors (Lipinski definition) is 0. The van der Waals surface area contributed by atoms with E-state index in [-0.39, 0.29) is 45.4 Å². The topological polar surface area (TPSA) is 3.24 Å². The van der Waals surface area contributed by atoms with Crippen LogP contribution in [0.5, 0.6) is 0 Å². The summed E-state index contributed by atoms with van der Waals surface area (Å²) >= 11 is 0. The number of benzene rings is 1. The number of hydrogen-bond acceptors (Lipinski definition) is 1. The third-order valence-corrected chi connectivity index (χ3v) is 2.07. The van der Waals surface area contributed by atoms with E-state index in [2.05, 4.69) is 49.9 Å². The summed E-state index contributed by atoms with van der Waals surface area (Å²) in [5.41, 5.74) is 2.59. The second-order valence-corrected chi connectivity index (χ2v) is 4.59. The maximum absolute atomic E-state index is 3.41. The average molecular weight is 280 g/mol. The molecule has 0 amide bonds. The molecular weight excluding hydrogens is 262 g/mol. The molecule has 0 unspecified atom stereocenters. The molecule has 0 aliphatic heterocycles. The monoisotopic (exact) mass is 279 g/mol. The molecule has 0 aliphatic carbocycles. The van der Waals surface area contributed by atoms with Gasteiger partial charge < -0.3 is 21.9 Å². The van der Waals surface area contributed by atoms with Crippen molar-refractivity contribution in [3.63, 3.8) is 0 Å². The van der Waals surface area contributed by atoms with Gasteiger partial charge in [-0.05, 0) is 5.41 Å². The summed E-state index contributed by atoms with van der Waals surface area (Å²) in [6.07, 6.45) is 0. The quantitative estimate of drug-likeness (QED) is 0.494. The summed E-state index contributed by atoms with van der Waals surface area (Å²) in [6, 6.07) is 9.71. The number of rotatable bonds is 1. The van der Waals surface area contributed by atoms with Gasteiger partial charge in [0.15, 0.2) is 0 Å². The van der Waals surface area contributed by atoms with Gasteiger partial charge >= 0.3 is 23.1 Å². The van der Waals surface area contributed by atoms with Gasteiger partial charge in [0, 0.05) is 14.1 Å². The molecule has 0 aromatic heterocycles. The molecule has 1 aromatic carbocycles. The smallest absolute Gasteiger partial charge is 1.00 e. The van der Waals surface area contributed by atoms with E-state index in [4.69, 9.17) is 0 Å². The van der Waals surface area contributed by atoms with Crippen molar-refractivity contribution in [2.75, 3.05) is 19.0 Å². The van der Waals surface area contributed by atoms with Crippen LogP contribution in [0.25, 0.3) is 0 Å². The van der Waals surface area contributed by atoms with Crippen LogP contribution in [0.15, 0.2) is 18.2 Å². The average Bonchev–Trinajstić information content (AvgIpc) is 2.03. The minimum Gasteiger partial charge on any atom is -1.00 e. The minimum atomic E-state index is 0. The molecule has 0 spiro atoms. The summed E-state index contributed by atoms with van der Waals surface area (Å²) in [7, 11) is 4.08. The first-order chi connectivity index (χ1) is 5.91. The fraction of sp³-hybridized carbons (Fsp3) is 0.500. The molecule has 0 saturated carbocycles. The second kappa shape index (κ2) is 6.76. The SMILES string of the molecule is CN(C)c1[c-]c(C(C)(C)C)ccc1.[Br-].[Mg+2]. The first-order valence-electron chi connectivity index (χ1n) is 4.61. The van der Waals surface area contributed by atoms with Crippen LogP contribution in [0.3, 0.4) is 0 Å². The number of anilines is 1. The fourth-order valence-electron chi connectivity index (χ4n) is 1.16. The summed E-state index contributed by atoms with van der Waals surface area (Å²) in [5, 5.41) is 0. The summed E-state index contributed by atoms with van der Waals surface area (Å²) in [4.78, 5) is 2.08. The van der Waals surface area contributed by atoms with Crippen molar-refractivity contribution in [2.24, 2.45) is 0 Å². The van der Waals surface area contributed by atoms with Crippen LogP contribution in [0.2, 0.25) is 0 Å². The van der Waals surface area contributed by atoms with Crippen molar-refractivity contribution < 1.29 is 17.0 Å². The molecule has 0 aliphatic rings. The molecule has 0 heterocycles. The molecule has 1 aromatic rings. The van der Waals surface area contributed by atoms with Crippen LogP contribution in [-0.2, 0) is 5.41 Å². The molecular formula is C12H18BrMgN. The van der Waals surface area contributed by atoms with E-state index in [1.165, 1.54) is 5.56 Å². The zero-order valence-corrected chi connectivity index (χ0v) is 13.3. The molecule has 80 valence electrons. The van der Waals surface area contributed by atoms with Gasteiger partial charge in [-0.15, -0.1) is 6.07 Å². The first kappa shape index (κ1) is 17.7. The van der Waals surface area contributed by atoms with E-state index < -0.39 is 0 Å². The van der Waals surface area contributed by atoms with Crippen LogP contribution in [0.1, 0.15) is 26.3 Å². The second-order valence-electron chi connectivity index (χ2n) is 4.59. The predicted octanol–water partition coefficient (Wildman–Crippen LogP) is -0.527. The standard InChI is InChI=1S/C12H18N.BrH.Mg/c1-12(2,3)10-7-6-8-11(9-10)13(4)5;;/h6-8H,1-5H3;1H;/q-1;;+2/p-1. The number of nitrogens with zero attached hydrogens (tertiary/aromatic N) is 1. The van der Waals surface area contributed by atoms with Gasteiger partial charge in [-0.3, -0.25) is 0 Å². The Hall–Kier alpha value is 0.266. The van der Waals surface area contributed by atoms with Gasteiger partial charge in [0.05, 0.1) is 0 Å². The fourth-order valence-corrected chi connectivity index (χ4v) is 1.16. The Morgan fingerprint density at radius 2 is 1.67 bits per heavy atom. The third kappa shape index (κ3) is 5.23. The Labute approximate surface area is 120 Å². The predicted molar refractivity (Wildman–Crippen MR) is 64.1 cm³/mol. The molecule has 0 bridgehead atoms. The molecule has 1 rings (SSSR count). The number of halogens is 1. The van der Waals surface area contributed by atoms with Gasteiger partial charge in [-0.2, -0.15) is 23.8 Å². The van der Waals surface area contributed by atoms with Crippen LogP contribution in [0.4, 0.5) is 5.69 Å². The molecule has 0 saturated heterocycles. The van der Waals surface area contributed by atoms with Crippen LogP contribution in [-0.4, -0.2) is 37.1 Å². The van der Waals surface area contributed by atoms with Gasteiger partial charge in [0.25, 0.3) is 0 Å². The zero-order chi connectivity index (χ0) is 10.1. The molecule has 3 heteroatoms. The van der Waals surface area contributed by atoms with Crippen molar-refractivity contribution in [3.8, 4) is 0 Å². The summed E-state index contributed by atoms with van der Waals surface area (Å²) in [6.45, 7) is 6.62. The van der Waals surface area contributed by atoms with E-state index >= 15 is 0 Å². The van der Waals surface area contributed by atoms with Crippen molar-refractivity contribution in [1.82, 2.24) is 0 Å². The Morgan fingerprint density at radius 1 is 1.13 bits per heavy atom. The van der Waals surface area contributed by atoms with E-state index in [0.29, 0.717) is 0 Å². The zero-order valence-electron chi connectivity index (χ0n) is 10.3. The normalized spacial score (nSPS) is 9.93. The molecule has 0 radical (unpaired) electrons. The van der Waals surface area contributed by atoms with Gasteiger partial charge in [-0.25, -0.2) is 0 Å². The maximum Gasteiger partial charge on any atom is 2.00 e. The van der Waals surface area contributed by atoms with E-state index in [1.54, 1.807) is 0 Å². The Kier molecular flexibility index (Phi) is 7.96. The largest absolute Gasteiger partial charge is 2.00 e. The Bertz CT molecular complexity index is 292. The van der Waals surface area contributed by atoms with Crippen molar-refractivity contribution in [1.29, 1.82) is 0 Å². The van der Waals surface area contributed by atoms with Gasteiger partial charge in [-0.1, -0.05) is 26.5 Å².